The fourth-order valence-electron chi connectivity index (χ4n) is 2.77. The summed E-state index contributed by atoms with van der Waals surface area (Å²) in [5.41, 5.74) is 8.86. The highest BCUT2D eigenvalue weighted by Crippen LogP contribution is 2.06. The fraction of sp³-hybridized carbons (Fsp3) is 0.100. The third-order valence-electron chi connectivity index (χ3n) is 4.05. The minimum atomic E-state index is -0.429. The molecule has 0 saturated heterocycles. The summed E-state index contributed by atoms with van der Waals surface area (Å²) >= 11 is 0. The predicted octanol–water partition coefficient (Wildman–Crippen LogP) is -4.73. The summed E-state index contributed by atoms with van der Waals surface area (Å²) in [6.45, 7) is 1.36. The molecule has 28 heavy (non-hydrogen) atoms. The zero-order valence-electron chi connectivity index (χ0n) is 15.0. The Morgan fingerprint density at radius 3 is 2.29 bits per heavy atom. The van der Waals surface area contributed by atoms with Gasteiger partial charge in [-0.15, -0.1) is 0 Å². The summed E-state index contributed by atoms with van der Waals surface area (Å²) < 4.78 is 4.00. The maximum absolute atomic E-state index is 11.1. The number of primary amides is 1. The topological polar surface area (TPSA) is 83.4 Å². The quantitative estimate of drug-likeness (QED) is 0.152. The number of rotatable bonds is 6. The fourth-order valence-corrected chi connectivity index (χ4v) is 2.77. The van der Waals surface area contributed by atoms with Crippen LogP contribution in [0.4, 0.5) is 0 Å². The molecule has 0 radical (unpaired) electrons. The number of nitrogens with two attached hydrogens (primary N) is 1. The predicted molar refractivity (Wildman–Crippen MR) is 95.8 cm³/mol. The van der Waals surface area contributed by atoms with Crippen molar-refractivity contribution >= 4 is 12.1 Å². The van der Waals surface area contributed by atoms with Gasteiger partial charge in [0, 0.05) is 35.4 Å². The molecule has 0 fully saturated rings. The normalized spacial score (nSPS) is 10.1. The van der Waals surface area contributed by atoms with Crippen LogP contribution in [0, 0.1) is 0 Å². The minimum absolute atomic E-state index is 0. The molecule has 3 N–H and O–H groups in total. The molecule has 8 heteroatoms. The Hall–Kier alpha value is -2.58. The summed E-state index contributed by atoms with van der Waals surface area (Å²) in [7, 11) is 0. The highest BCUT2D eigenvalue weighted by atomic mass is 79.9. The minimum Gasteiger partial charge on any atom is -1.00 e. The van der Waals surface area contributed by atoms with Crippen molar-refractivity contribution in [1.82, 2.24) is 0 Å². The molecule has 0 saturated carbocycles. The van der Waals surface area contributed by atoms with Gasteiger partial charge in [-0.25, -0.2) is 4.57 Å². The number of carbonyl (C=O) groups excluding carboxylic acids is 1. The van der Waals surface area contributed by atoms with E-state index in [0.29, 0.717) is 18.7 Å². The first-order valence-corrected chi connectivity index (χ1v) is 8.18. The van der Waals surface area contributed by atoms with Crippen molar-refractivity contribution in [2.75, 3.05) is 0 Å². The molecule has 146 valence electrons. The van der Waals surface area contributed by atoms with Gasteiger partial charge < -0.3 is 44.9 Å². The van der Waals surface area contributed by atoms with Gasteiger partial charge in [0.1, 0.15) is 6.21 Å². The Labute approximate surface area is 184 Å². The summed E-state index contributed by atoms with van der Waals surface area (Å²) in [4.78, 5) is 11.1. The Bertz CT molecular complexity index is 947. The van der Waals surface area contributed by atoms with Gasteiger partial charge in [-0.3, -0.25) is 4.79 Å². The third kappa shape index (κ3) is 6.24. The van der Waals surface area contributed by atoms with Crippen LogP contribution >= 0.6 is 0 Å². The Balaban J connectivity index is 0.00000196. The van der Waals surface area contributed by atoms with Crippen LogP contribution in [-0.2, 0) is 13.1 Å². The summed E-state index contributed by atoms with van der Waals surface area (Å²) in [5, 5.41) is 11.9. The van der Waals surface area contributed by atoms with Crippen molar-refractivity contribution in [2.24, 2.45) is 10.9 Å². The number of nitrogens with zero attached hydrogens (tertiary/aromatic N) is 3. The van der Waals surface area contributed by atoms with Crippen LogP contribution < -0.4 is 48.8 Å². The van der Waals surface area contributed by atoms with E-state index in [1.807, 2.05) is 52.0 Å². The van der Waals surface area contributed by atoms with Crippen LogP contribution in [0.25, 0.3) is 0 Å². The number of amides is 1. The highest BCUT2D eigenvalue weighted by molar-refractivity contribution is 5.92. The number of hydrogen-bond acceptors (Lipinski definition) is 3. The van der Waals surface area contributed by atoms with E-state index in [0.717, 1.165) is 16.8 Å². The molecule has 2 aromatic heterocycles. The highest BCUT2D eigenvalue weighted by Gasteiger charge is 2.11. The van der Waals surface area contributed by atoms with E-state index in [1.165, 1.54) is 6.21 Å². The average molecular weight is 508 g/mol. The molecule has 1 aromatic carbocycles. The molecule has 0 aliphatic carbocycles. The zero-order chi connectivity index (χ0) is 18.4. The van der Waals surface area contributed by atoms with E-state index in [4.69, 9.17) is 10.9 Å². The van der Waals surface area contributed by atoms with Gasteiger partial charge in [0.2, 0.25) is 11.6 Å². The van der Waals surface area contributed by atoms with Gasteiger partial charge in [0.05, 0.1) is 5.56 Å². The van der Waals surface area contributed by atoms with Gasteiger partial charge in [-0.2, -0.15) is 4.57 Å². The molecular weight excluding hydrogens is 488 g/mol. The number of carbonyl (C=O) groups is 1. The molecule has 0 atom stereocenters. The SMILES string of the molecule is NC(=O)c1cc[n+](Cc2cccc(C[n+]3ccccc3/C=N/O)c2)cc1.[Br-].[Br-]. The van der Waals surface area contributed by atoms with Crippen molar-refractivity contribution in [2.45, 2.75) is 13.1 Å². The molecule has 0 spiro atoms. The first-order chi connectivity index (χ1) is 12.7. The van der Waals surface area contributed by atoms with E-state index < -0.39 is 5.91 Å². The Kier molecular flexibility index (Phi) is 9.47. The van der Waals surface area contributed by atoms with Crippen LogP contribution in [0.3, 0.4) is 0 Å². The molecule has 2 heterocycles. The first kappa shape index (κ1) is 23.5. The van der Waals surface area contributed by atoms with Gasteiger partial charge in [0.15, 0.2) is 31.7 Å². The second-order valence-electron chi connectivity index (χ2n) is 5.94. The standard InChI is InChI=1S/C20H18N4O2.2BrH/c21-20(25)18-7-10-23(11-8-18)14-16-4-3-5-17(12-16)15-24-9-2-1-6-19(24)13-22-26;;/h1-13H,14-15H2,(H-,21,25);2*1H. The second kappa shape index (κ2) is 11.3. The largest absolute Gasteiger partial charge is 1.00 e. The Morgan fingerprint density at radius 1 is 0.964 bits per heavy atom. The Morgan fingerprint density at radius 2 is 1.64 bits per heavy atom. The monoisotopic (exact) mass is 506 g/mol. The number of hydrogen-bond donors (Lipinski definition) is 2. The lowest BCUT2D eigenvalue weighted by atomic mass is 10.1. The molecule has 0 bridgehead atoms. The molecule has 1 amide bonds. The lowest BCUT2D eigenvalue weighted by molar-refractivity contribution is -0.689. The van der Waals surface area contributed by atoms with Crippen molar-refractivity contribution in [3.8, 4) is 0 Å². The molecule has 0 aliphatic rings. The maximum Gasteiger partial charge on any atom is 0.249 e. The number of pyridine rings is 2. The number of aromatic nitrogens is 2. The van der Waals surface area contributed by atoms with Crippen molar-refractivity contribution in [3.05, 3.63) is 95.6 Å². The van der Waals surface area contributed by atoms with E-state index in [9.17, 15) is 4.79 Å². The van der Waals surface area contributed by atoms with Gasteiger partial charge in [-0.1, -0.05) is 23.4 Å². The van der Waals surface area contributed by atoms with Crippen LogP contribution in [0.2, 0.25) is 0 Å². The molecule has 6 nitrogen and oxygen atoms in total. The number of benzene rings is 1. The molecule has 0 aliphatic heterocycles. The number of oxime groups is 1. The van der Waals surface area contributed by atoms with E-state index >= 15 is 0 Å². The van der Waals surface area contributed by atoms with Gasteiger partial charge in [0.25, 0.3) is 0 Å². The molecule has 3 rings (SSSR count). The first-order valence-electron chi connectivity index (χ1n) is 8.18. The molecule has 3 aromatic rings. The lowest BCUT2D eigenvalue weighted by Gasteiger charge is -2.03. The second-order valence-corrected chi connectivity index (χ2v) is 5.94. The summed E-state index contributed by atoms with van der Waals surface area (Å²) in [6.07, 6.45) is 7.05. The van der Waals surface area contributed by atoms with Gasteiger partial charge >= 0.3 is 0 Å². The zero-order valence-corrected chi connectivity index (χ0v) is 18.1. The maximum atomic E-state index is 11.1. The smallest absolute Gasteiger partial charge is 0.249 e. The van der Waals surface area contributed by atoms with E-state index in [1.54, 1.807) is 12.1 Å². The van der Waals surface area contributed by atoms with Crippen molar-refractivity contribution < 1.29 is 53.1 Å². The van der Waals surface area contributed by atoms with E-state index in [-0.39, 0.29) is 34.0 Å². The van der Waals surface area contributed by atoms with Crippen LogP contribution in [0.5, 0.6) is 0 Å². The van der Waals surface area contributed by atoms with Crippen LogP contribution in [-0.4, -0.2) is 17.3 Å². The lowest BCUT2D eigenvalue weighted by Crippen LogP contribution is -3.00. The average Bonchev–Trinajstić information content (AvgIpc) is 2.64. The number of halogens is 2. The van der Waals surface area contributed by atoms with Gasteiger partial charge in [-0.05, 0) is 12.1 Å². The summed E-state index contributed by atoms with van der Waals surface area (Å²) in [6, 6.07) is 17.4. The van der Waals surface area contributed by atoms with Crippen molar-refractivity contribution in [1.29, 1.82) is 0 Å². The van der Waals surface area contributed by atoms with Crippen LogP contribution in [0.1, 0.15) is 27.2 Å². The molecular formula is C20H20Br2N4O2. The van der Waals surface area contributed by atoms with Crippen molar-refractivity contribution in [3.63, 3.8) is 0 Å². The molecule has 0 unspecified atom stereocenters. The van der Waals surface area contributed by atoms with Crippen LogP contribution in [0.15, 0.2) is 78.3 Å². The third-order valence-corrected chi connectivity index (χ3v) is 4.05. The summed E-state index contributed by atoms with van der Waals surface area (Å²) in [5.74, 6) is -0.429. The van der Waals surface area contributed by atoms with E-state index in [2.05, 4.69) is 23.4 Å².